The normalized spacial score (nSPS) is 13.9. The summed E-state index contributed by atoms with van der Waals surface area (Å²) in [5, 5.41) is 3.60. The summed E-state index contributed by atoms with van der Waals surface area (Å²) >= 11 is 0. The molecule has 0 amide bonds. The highest BCUT2D eigenvalue weighted by molar-refractivity contribution is 5.83. The van der Waals surface area contributed by atoms with E-state index >= 15 is 0 Å². The predicted octanol–water partition coefficient (Wildman–Crippen LogP) is 9.30. The van der Waals surface area contributed by atoms with E-state index in [4.69, 9.17) is 9.47 Å². The molecule has 5 aromatic rings. The van der Waals surface area contributed by atoms with Crippen LogP contribution in [0.2, 0.25) is 0 Å². The number of para-hydroxylation sites is 3. The van der Waals surface area contributed by atoms with Crippen LogP contribution in [-0.2, 0) is 5.41 Å². The Bertz CT molecular complexity index is 1630. The highest BCUT2D eigenvalue weighted by Crippen LogP contribution is 2.50. The number of ether oxygens (including phenoxy) is 2. The van der Waals surface area contributed by atoms with Crippen LogP contribution in [0.25, 0.3) is 22.3 Å². The first-order chi connectivity index (χ1) is 17.6. The van der Waals surface area contributed by atoms with Crippen LogP contribution >= 0.6 is 0 Å². The van der Waals surface area contributed by atoms with Crippen molar-refractivity contribution in [2.75, 3.05) is 5.32 Å². The van der Waals surface area contributed by atoms with Crippen LogP contribution in [-0.4, -0.2) is 0 Å². The van der Waals surface area contributed by atoms with Gasteiger partial charge in [0.2, 0.25) is 0 Å². The van der Waals surface area contributed by atoms with Crippen LogP contribution in [0.15, 0.2) is 109 Å². The Hall–Kier alpha value is -4.50. The van der Waals surface area contributed by atoms with Crippen molar-refractivity contribution in [1.29, 1.82) is 0 Å². The van der Waals surface area contributed by atoms with E-state index in [-0.39, 0.29) is 5.41 Å². The fraction of sp³-hybridized carbons (Fsp3) is 0.0909. The molecule has 2 aliphatic rings. The largest absolute Gasteiger partial charge is 0.449 e. The van der Waals surface area contributed by atoms with Gasteiger partial charge in [0, 0.05) is 22.4 Å². The Balaban J connectivity index is 1.17. The molecule has 1 heterocycles. The van der Waals surface area contributed by atoms with Crippen molar-refractivity contribution in [3.63, 3.8) is 0 Å². The van der Waals surface area contributed by atoms with Crippen LogP contribution in [0.5, 0.6) is 23.0 Å². The second kappa shape index (κ2) is 7.76. The van der Waals surface area contributed by atoms with Crippen molar-refractivity contribution in [2.24, 2.45) is 0 Å². The number of hydrogen-bond acceptors (Lipinski definition) is 3. The molecule has 3 heteroatoms. The van der Waals surface area contributed by atoms with Crippen LogP contribution in [0.4, 0.5) is 11.4 Å². The van der Waals surface area contributed by atoms with Gasteiger partial charge in [-0.2, -0.15) is 0 Å². The maximum Gasteiger partial charge on any atom is 0.177 e. The number of nitrogens with one attached hydrogen (secondary N) is 1. The van der Waals surface area contributed by atoms with Gasteiger partial charge in [-0.1, -0.05) is 80.6 Å². The molecule has 0 aromatic heterocycles. The monoisotopic (exact) mass is 467 g/mol. The Morgan fingerprint density at radius 3 is 2.00 bits per heavy atom. The van der Waals surface area contributed by atoms with E-state index in [0.717, 1.165) is 45.5 Å². The fourth-order valence-electron chi connectivity index (χ4n) is 5.46. The van der Waals surface area contributed by atoms with E-state index in [2.05, 4.69) is 92.0 Å². The van der Waals surface area contributed by atoms with Crippen molar-refractivity contribution in [2.45, 2.75) is 19.3 Å². The number of fused-ring (bicyclic) bond motifs is 5. The lowest BCUT2D eigenvalue weighted by Gasteiger charge is -2.23. The van der Waals surface area contributed by atoms with Crippen molar-refractivity contribution >= 4 is 11.4 Å². The lowest BCUT2D eigenvalue weighted by Crippen LogP contribution is -2.15. The average Bonchev–Trinajstić information content (AvgIpc) is 3.14. The van der Waals surface area contributed by atoms with E-state index in [1.807, 2.05) is 36.4 Å². The highest BCUT2D eigenvalue weighted by Gasteiger charge is 2.35. The second-order valence-corrected chi connectivity index (χ2v) is 9.92. The third-order valence-corrected chi connectivity index (χ3v) is 7.33. The van der Waals surface area contributed by atoms with E-state index in [9.17, 15) is 0 Å². The molecule has 174 valence electrons. The minimum atomic E-state index is -0.0133. The fourth-order valence-corrected chi connectivity index (χ4v) is 5.46. The zero-order valence-corrected chi connectivity index (χ0v) is 20.2. The summed E-state index contributed by atoms with van der Waals surface area (Å²) in [5.41, 5.74) is 9.62. The summed E-state index contributed by atoms with van der Waals surface area (Å²) in [6.07, 6.45) is 0. The molecule has 0 bridgehead atoms. The zero-order chi connectivity index (χ0) is 24.3. The Kier molecular flexibility index (Phi) is 4.49. The Morgan fingerprint density at radius 1 is 0.528 bits per heavy atom. The zero-order valence-electron chi connectivity index (χ0n) is 20.2. The van der Waals surface area contributed by atoms with Crippen molar-refractivity contribution < 1.29 is 9.47 Å². The smallest absolute Gasteiger partial charge is 0.177 e. The maximum absolute atomic E-state index is 6.24. The molecule has 36 heavy (non-hydrogen) atoms. The first kappa shape index (κ1) is 20.8. The molecular weight excluding hydrogens is 442 g/mol. The molecule has 0 radical (unpaired) electrons. The second-order valence-electron chi connectivity index (χ2n) is 9.92. The standard InChI is InChI=1S/C33H25NO2/c1-33(2)27-10-4-3-8-25(27)26-19-18-23(20-28(26)33)34-22-16-14-21(15-17-22)24-9-7-13-31-32(24)36-30-12-6-5-11-29(30)35-31/h3-20,34H,1-2H3. The van der Waals surface area contributed by atoms with Gasteiger partial charge in [0.15, 0.2) is 23.0 Å². The van der Waals surface area contributed by atoms with Crippen molar-refractivity contribution in [3.05, 3.63) is 120 Å². The minimum absolute atomic E-state index is 0.0133. The molecule has 7 rings (SSSR count). The van der Waals surface area contributed by atoms with Crippen LogP contribution in [0.3, 0.4) is 0 Å². The quantitative estimate of drug-likeness (QED) is 0.281. The molecule has 1 aliphatic carbocycles. The van der Waals surface area contributed by atoms with E-state index in [1.165, 1.54) is 22.3 Å². The molecule has 0 spiro atoms. The summed E-state index contributed by atoms with van der Waals surface area (Å²) in [7, 11) is 0. The Morgan fingerprint density at radius 2 is 1.17 bits per heavy atom. The van der Waals surface area contributed by atoms with Gasteiger partial charge in [-0.3, -0.25) is 0 Å². The number of anilines is 2. The summed E-state index contributed by atoms with van der Waals surface area (Å²) in [6, 6.07) is 37.7. The van der Waals surface area contributed by atoms with Gasteiger partial charge in [0.05, 0.1) is 0 Å². The first-order valence-corrected chi connectivity index (χ1v) is 12.3. The van der Waals surface area contributed by atoms with Gasteiger partial charge in [-0.05, 0) is 70.3 Å². The van der Waals surface area contributed by atoms with Gasteiger partial charge in [-0.25, -0.2) is 0 Å². The van der Waals surface area contributed by atoms with Crippen LogP contribution in [0, 0.1) is 0 Å². The molecule has 0 unspecified atom stereocenters. The molecule has 0 saturated carbocycles. The molecule has 0 saturated heterocycles. The number of hydrogen-bond donors (Lipinski definition) is 1. The van der Waals surface area contributed by atoms with Gasteiger partial charge < -0.3 is 14.8 Å². The molecule has 0 atom stereocenters. The third-order valence-electron chi connectivity index (χ3n) is 7.33. The number of rotatable bonds is 3. The van der Waals surface area contributed by atoms with Gasteiger partial charge in [0.25, 0.3) is 0 Å². The number of benzene rings is 5. The molecular formula is C33H25NO2. The average molecular weight is 468 g/mol. The van der Waals surface area contributed by atoms with Crippen LogP contribution < -0.4 is 14.8 Å². The third kappa shape index (κ3) is 3.20. The van der Waals surface area contributed by atoms with Crippen molar-refractivity contribution in [1.82, 2.24) is 0 Å². The molecule has 1 N–H and O–H groups in total. The van der Waals surface area contributed by atoms with E-state index in [0.29, 0.717) is 0 Å². The van der Waals surface area contributed by atoms with Crippen molar-refractivity contribution in [3.8, 4) is 45.3 Å². The lowest BCUT2D eigenvalue weighted by molar-refractivity contribution is 0.361. The minimum Gasteiger partial charge on any atom is -0.449 e. The summed E-state index contributed by atoms with van der Waals surface area (Å²) in [6.45, 7) is 4.61. The summed E-state index contributed by atoms with van der Waals surface area (Å²) in [4.78, 5) is 0. The highest BCUT2D eigenvalue weighted by atomic mass is 16.6. The van der Waals surface area contributed by atoms with Crippen LogP contribution in [0.1, 0.15) is 25.0 Å². The molecule has 1 aliphatic heterocycles. The summed E-state index contributed by atoms with van der Waals surface area (Å²) in [5.74, 6) is 2.95. The maximum atomic E-state index is 6.24. The summed E-state index contributed by atoms with van der Waals surface area (Å²) < 4.78 is 12.3. The molecule has 0 fully saturated rings. The molecule has 5 aromatic carbocycles. The topological polar surface area (TPSA) is 30.5 Å². The van der Waals surface area contributed by atoms with Gasteiger partial charge in [0.1, 0.15) is 0 Å². The molecule has 3 nitrogen and oxygen atoms in total. The Labute approximate surface area is 211 Å². The predicted molar refractivity (Wildman–Crippen MR) is 146 cm³/mol. The SMILES string of the molecule is CC1(C)c2ccccc2-c2ccc(Nc3ccc(-c4cccc5c4Oc4ccccc4O5)cc3)cc21. The van der Waals surface area contributed by atoms with Gasteiger partial charge >= 0.3 is 0 Å². The lowest BCUT2D eigenvalue weighted by atomic mass is 9.82. The van der Waals surface area contributed by atoms with Gasteiger partial charge in [-0.15, -0.1) is 0 Å². The first-order valence-electron chi connectivity index (χ1n) is 12.3. The van der Waals surface area contributed by atoms with E-state index in [1.54, 1.807) is 0 Å². The van der Waals surface area contributed by atoms with E-state index < -0.39 is 0 Å².